The number of pyridine rings is 1. The zero-order chi connectivity index (χ0) is 11.9. The fourth-order valence-corrected chi connectivity index (χ4v) is 2.79. The minimum Gasteiger partial charge on any atom is -0.385 e. The summed E-state index contributed by atoms with van der Waals surface area (Å²) in [5.41, 5.74) is 6.93. The molecule has 1 saturated carbocycles. The third kappa shape index (κ3) is 1.72. The van der Waals surface area contributed by atoms with E-state index in [2.05, 4.69) is 4.98 Å². The van der Waals surface area contributed by atoms with Gasteiger partial charge in [0.2, 0.25) is 0 Å². The molecule has 1 aliphatic carbocycles. The van der Waals surface area contributed by atoms with Gasteiger partial charge in [0, 0.05) is 23.2 Å². The van der Waals surface area contributed by atoms with Crippen molar-refractivity contribution in [2.24, 2.45) is 5.73 Å². The van der Waals surface area contributed by atoms with E-state index < -0.39 is 5.60 Å². The lowest BCUT2D eigenvalue weighted by Crippen LogP contribution is -2.25. The second-order valence-corrected chi connectivity index (χ2v) is 4.92. The van der Waals surface area contributed by atoms with E-state index in [1.54, 1.807) is 6.20 Å². The van der Waals surface area contributed by atoms with Gasteiger partial charge in [-0.2, -0.15) is 0 Å². The molecule has 2 atom stereocenters. The van der Waals surface area contributed by atoms with Crippen LogP contribution in [0, 0.1) is 0 Å². The van der Waals surface area contributed by atoms with Crippen molar-refractivity contribution < 1.29 is 5.11 Å². The molecule has 3 N–H and O–H groups in total. The second-order valence-electron chi connectivity index (χ2n) is 4.92. The summed E-state index contributed by atoms with van der Waals surface area (Å²) in [6.45, 7) is 0. The summed E-state index contributed by atoms with van der Waals surface area (Å²) in [7, 11) is 0. The molecule has 0 amide bonds. The molecule has 0 radical (unpaired) electrons. The second kappa shape index (κ2) is 3.79. The molecule has 0 bridgehead atoms. The van der Waals surface area contributed by atoms with Crippen LogP contribution in [-0.2, 0) is 5.60 Å². The molecule has 0 spiro atoms. The Morgan fingerprint density at radius 1 is 1.29 bits per heavy atom. The quantitative estimate of drug-likeness (QED) is 0.784. The average molecular weight is 228 g/mol. The molecular weight excluding hydrogens is 212 g/mol. The first-order chi connectivity index (χ1) is 8.19. The third-order valence-corrected chi connectivity index (χ3v) is 3.66. The van der Waals surface area contributed by atoms with Crippen LogP contribution in [0.2, 0.25) is 0 Å². The van der Waals surface area contributed by atoms with Crippen molar-refractivity contribution >= 4 is 10.9 Å². The molecular formula is C14H16N2O. The number of nitrogens with zero attached hydrogens (tertiary/aromatic N) is 1. The van der Waals surface area contributed by atoms with Crippen LogP contribution in [0.5, 0.6) is 0 Å². The molecule has 3 rings (SSSR count). The maximum atomic E-state index is 10.7. The highest BCUT2D eigenvalue weighted by Crippen LogP contribution is 2.40. The van der Waals surface area contributed by atoms with Gasteiger partial charge in [-0.1, -0.05) is 24.3 Å². The van der Waals surface area contributed by atoms with E-state index in [0.717, 1.165) is 29.3 Å². The summed E-state index contributed by atoms with van der Waals surface area (Å²) in [5.74, 6) is 0. The van der Waals surface area contributed by atoms with Crippen LogP contribution >= 0.6 is 0 Å². The molecule has 3 heteroatoms. The largest absolute Gasteiger partial charge is 0.385 e. The Bertz CT molecular complexity index is 549. The normalized spacial score (nSPS) is 28.7. The summed E-state index contributed by atoms with van der Waals surface area (Å²) in [4.78, 5) is 4.40. The van der Waals surface area contributed by atoms with Gasteiger partial charge >= 0.3 is 0 Å². The first kappa shape index (κ1) is 10.7. The highest BCUT2D eigenvalue weighted by atomic mass is 16.3. The number of fused-ring (bicyclic) bond motifs is 1. The standard InChI is InChI=1S/C14H16N2O/c15-11-6-7-14(17,9-11)12-5-1-3-10-4-2-8-16-13(10)12/h1-5,8,11,17H,6-7,9,15H2. The highest BCUT2D eigenvalue weighted by molar-refractivity contribution is 5.82. The van der Waals surface area contributed by atoms with Crippen LogP contribution in [-0.4, -0.2) is 16.1 Å². The molecule has 1 fully saturated rings. The Balaban J connectivity index is 2.17. The molecule has 0 saturated heterocycles. The number of benzene rings is 1. The summed E-state index contributed by atoms with van der Waals surface area (Å²) in [5, 5.41) is 11.8. The van der Waals surface area contributed by atoms with Gasteiger partial charge in [0.15, 0.2) is 0 Å². The first-order valence-electron chi connectivity index (χ1n) is 6.01. The monoisotopic (exact) mass is 228 g/mol. The number of hydrogen-bond donors (Lipinski definition) is 2. The van der Waals surface area contributed by atoms with Crippen molar-refractivity contribution in [1.82, 2.24) is 4.98 Å². The van der Waals surface area contributed by atoms with Gasteiger partial charge in [-0.25, -0.2) is 0 Å². The van der Waals surface area contributed by atoms with Crippen LogP contribution in [0.4, 0.5) is 0 Å². The summed E-state index contributed by atoms with van der Waals surface area (Å²) in [6, 6.07) is 9.98. The minimum atomic E-state index is -0.798. The molecule has 2 unspecified atom stereocenters. The highest BCUT2D eigenvalue weighted by Gasteiger charge is 2.38. The zero-order valence-electron chi connectivity index (χ0n) is 9.63. The number of aliphatic hydroxyl groups is 1. The van der Waals surface area contributed by atoms with Crippen molar-refractivity contribution in [3.63, 3.8) is 0 Å². The van der Waals surface area contributed by atoms with Gasteiger partial charge in [0.25, 0.3) is 0 Å². The van der Waals surface area contributed by atoms with E-state index in [1.807, 2.05) is 30.3 Å². The molecule has 1 aromatic heterocycles. The van der Waals surface area contributed by atoms with E-state index >= 15 is 0 Å². The SMILES string of the molecule is NC1CCC(O)(c2cccc3cccnc23)C1. The molecule has 88 valence electrons. The molecule has 2 aromatic rings. The van der Waals surface area contributed by atoms with Gasteiger partial charge < -0.3 is 10.8 Å². The number of nitrogens with two attached hydrogens (primary N) is 1. The number of aromatic nitrogens is 1. The van der Waals surface area contributed by atoms with Crippen molar-refractivity contribution in [2.45, 2.75) is 30.9 Å². The molecule has 1 heterocycles. The molecule has 3 nitrogen and oxygen atoms in total. The first-order valence-corrected chi connectivity index (χ1v) is 6.01. The molecule has 1 aliphatic rings. The molecule has 1 aromatic carbocycles. The van der Waals surface area contributed by atoms with Crippen molar-refractivity contribution in [1.29, 1.82) is 0 Å². The predicted molar refractivity (Wildman–Crippen MR) is 67.5 cm³/mol. The topological polar surface area (TPSA) is 59.1 Å². The lowest BCUT2D eigenvalue weighted by atomic mass is 9.90. The number of hydrogen-bond acceptors (Lipinski definition) is 3. The van der Waals surface area contributed by atoms with Crippen molar-refractivity contribution in [3.8, 4) is 0 Å². The fourth-order valence-electron chi connectivity index (χ4n) is 2.79. The van der Waals surface area contributed by atoms with Gasteiger partial charge in [0.1, 0.15) is 0 Å². The third-order valence-electron chi connectivity index (χ3n) is 3.66. The number of rotatable bonds is 1. The lowest BCUT2D eigenvalue weighted by Gasteiger charge is -2.24. The van der Waals surface area contributed by atoms with Gasteiger partial charge in [-0.05, 0) is 25.3 Å². The summed E-state index contributed by atoms with van der Waals surface area (Å²) < 4.78 is 0. The average Bonchev–Trinajstić information content (AvgIpc) is 2.70. The van der Waals surface area contributed by atoms with Crippen LogP contribution in [0.15, 0.2) is 36.5 Å². The lowest BCUT2D eigenvalue weighted by molar-refractivity contribution is 0.0444. The predicted octanol–water partition coefficient (Wildman–Crippen LogP) is 1.93. The van der Waals surface area contributed by atoms with Crippen molar-refractivity contribution in [2.75, 3.05) is 0 Å². The number of para-hydroxylation sites is 1. The van der Waals surface area contributed by atoms with Crippen LogP contribution in [0.25, 0.3) is 10.9 Å². The molecule has 0 aliphatic heterocycles. The Morgan fingerprint density at radius 3 is 2.88 bits per heavy atom. The Labute approximate surface area is 100 Å². The summed E-state index contributed by atoms with van der Waals surface area (Å²) >= 11 is 0. The minimum absolute atomic E-state index is 0.0963. The van der Waals surface area contributed by atoms with Crippen LogP contribution in [0.3, 0.4) is 0 Å². The Kier molecular flexibility index (Phi) is 2.38. The molecule has 17 heavy (non-hydrogen) atoms. The van der Waals surface area contributed by atoms with Crippen molar-refractivity contribution in [3.05, 3.63) is 42.1 Å². The Morgan fingerprint density at radius 2 is 2.12 bits per heavy atom. The maximum Gasteiger partial charge on any atom is 0.0932 e. The van der Waals surface area contributed by atoms with E-state index in [4.69, 9.17) is 5.73 Å². The van der Waals surface area contributed by atoms with E-state index in [0.29, 0.717) is 6.42 Å². The van der Waals surface area contributed by atoms with Crippen LogP contribution in [0.1, 0.15) is 24.8 Å². The van der Waals surface area contributed by atoms with Gasteiger partial charge in [0.05, 0.1) is 11.1 Å². The van der Waals surface area contributed by atoms with Crippen LogP contribution < -0.4 is 5.73 Å². The maximum absolute atomic E-state index is 10.7. The smallest absolute Gasteiger partial charge is 0.0932 e. The van der Waals surface area contributed by atoms with E-state index in [9.17, 15) is 5.11 Å². The van der Waals surface area contributed by atoms with Gasteiger partial charge in [-0.15, -0.1) is 0 Å². The fraction of sp³-hybridized carbons (Fsp3) is 0.357. The van der Waals surface area contributed by atoms with Gasteiger partial charge in [-0.3, -0.25) is 4.98 Å². The Hall–Kier alpha value is -1.45. The van der Waals surface area contributed by atoms with E-state index in [1.165, 1.54) is 0 Å². The summed E-state index contributed by atoms with van der Waals surface area (Å²) in [6.07, 6.45) is 4.00. The zero-order valence-corrected chi connectivity index (χ0v) is 9.63. The van der Waals surface area contributed by atoms with E-state index in [-0.39, 0.29) is 6.04 Å².